The molecule has 0 spiro atoms. The van der Waals surface area contributed by atoms with Gasteiger partial charge in [-0.3, -0.25) is 0 Å². The highest BCUT2D eigenvalue weighted by Crippen LogP contribution is 2.27. The SMILES string of the molecule is COc1ccc(F)cc1CSC(C)C(C)O. The number of aliphatic hydroxyl groups excluding tert-OH is 1. The molecule has 0 heterocycles. The van der Waals surface area contributed by atoms with E-state index in [1.54, 1.807) is 31.9 Å². The average Bonchev–Trinajstić information content (AvgIpc) is 2.25. The summed E-state index contributed by atoms with van der Waals surface area (Å²) in [6, 6.07) is 4.48. The summed E-state index contributed by atoms with van der Waals surface area (Å²) < 4.78 is 18.2. The van der Waals surface area contributed by atoms with Crippen LogP contribution in [0.1, 0.15) is 19.4 Å². The van der Waals surface area contributed by atoms with E-state index in [-0.39, 0.29) is 17.2 Å². The van der Waals surface area contributed by atoms with Gasteiger partial charge in [-0.1, -0.05) is 6.92 Å². The van der Waals surface area contributed by atoms with Crippen LogP contribution in [0.15, 0.2) is 18.2 Å². The standard InChI is InChI=1S/C12H17FO2S/c1-8(14)9(2)16-7-10-6-11(13)4-5-12(10)15-3/h4-6,8-9,14H,7H2,1-3H3. The van der Waals surface area contributed by atoms with Gasteiger partial charge in [-0.2, -0.15) is 11.8 Å². The van der Waals surface area contributed by atoms with Gasteiger partial charge < -0.3 is 9.84 Å². The Hall–Kier alpha value is -0.740. The second-order valence-electron chi connectivity index (χ2n) is 3.71. The van der Waals surface area contributed by atoms with Crippen LogP contribution in [0.2, 0.25) is 0 Å². The quantitative estimate of drug-likeness (QED) is 0.863. The van der Waals surface area contributed by atoms with Gasteiger partial charge in [-0.25, -0.2) is 4.39 Å². The molecule has 1 N–H and O–H groups in total. The molecule has 0 amide bonds. The van der Waals surface area contributed by atoms with E-state index in [1.807, 2.05) is 6.92 Å². The maximum Gasteiger partial charge on any atom is 0.123 e. The lowest BCUT2D eigenvalue weighted by Crippen LogP contribution is -2.15. The van der Waals surface area contributed by atoms with Gasteiger partial charge in [0.05, 0.1) is 13.2 Å². The van der Waals surface area contributed by atoms with Gasteiger partial charge in [0.2, 0.25) is 0 Å². The highest BCUT2D eigenvalue weighted by Gasteiger charge is 2.11. The lowest BCUT2D eigenvalue weighted by Gasteiger charge is -2.15. The third-order valence-corrected chi connectivity index (χ3v) is 3.82. The molecule has 16 heavy (non-hydrogen) atoms. The zero-order chi connectivity index (χ0) is 12.1. The van der Waals surface area contributed by atoms with E-state index < -0.39 is 0 Å². The normalized spacial score (nSPS) is 14.6. The van der Waals surface area contributed by atoms with Crippen LogP contribution in [0.4, 0.5) is 4.39 Å². The zero-order valence-electron chi connectivity index (χ0n) is 9.74. The van der Waals surface area contributed by atoms with E-state index in [1.165, 1.54) is 12.1 Å². The molecule has 2 nitrogen and oxygen atoms in total. The van der Waals surface area contributed by atoms with Crippen LogP contribution in [0, 0.1) is 5.82 Å². The van der Waals surface area contributed by atoms with Crippen molar-refractivity contribution in [2.75, 3.05) is 7.11 Å². The van der Waals surface area contributed by atoms with Gasteiger partial charge >= 0.3 is 0 Å². The minimum atomic E-state index is -0.371. The first kappa shape index (κ1) is 13.3. The average molecular weight is 244 g/mol. The van der Waals surface area contributed by atoms with Crippen molar-refractivity contribution >= 4 is 11.8 Å². The van der Waals surface area contributed by atoms with E-state index in [4.69, 9.17) is 4.74 Å². The molecule has 4 heteroatoms. The Morgan fingerprint density at radius 2 is 2.12 bits per heavy atom. The van der Waals surface area contributed by atoms with Gasteiger partial charge in [-0.05, 0) is 25.1 Å². The Balaban J connectivity index is 2.68. The number of ether oxygens (including phenoxy) is 1. The Morgan fingerprint density at radius 3 is 2.69 bits per heavy atom. The Kier molecular flexibility index (Phi) is 5.09. The second-order valence-corrected chi connectivity index (χ2v) is 5.08. The van der Waals surface area contributed by atoms with Crippen LogP contribution in [0.5, 0.6) is 5.75 Å². The number of rotatable bonds is 5. The van der Waals surface area contributed by atoms with E-state index in [0.717, 1.165) is 5.56 Å². The lowest BCUT2D eigenvalue weighted by atomic mass is 10.2. The number of hydrogen-bond acceptors (Lipinski definition) is 3. The van der Waals surface area contributed by atoms with Crippen molar-refractivity contribution in [3.05, 3.63) is 29.6 Å². The number of aliphatic hydroxyl groups is 1. The first-order valence-electron chi connectivity index (χ1n) is 5.16. The monoisotopic (exact) mass is 244 g/mol. The van der Waals surface area contributed by atoms with Gasteiger partial charge in [0.25, 0.3) is 0 Å². The van der Waals surface area contributed by atoms with Crippen molar-refractivity contribution in [3.63, 3.8) is 0 Å². The van der Waals surface area contributed by atoms with Crippen molar-refractivity contribution in [1.29, 1.82) is 0 Å². The predicted molar refractivity (Wildman–Crippen MR) is 65.4 cm³/mol. The minimum Gasteiger partial charge on any atom is -0.496 e. The van der Waals surface area contributed by atoms with E-state index in [9.17, 15) is 9.50 Å². The largest absolute Gasteiger partial charge is 0.496 e. The van der Waals surface area contributed by atoms with E-state index >= 15 is 0 Å². The van der Waals surface area contributed by atoms with Gasteiger partial charge in [0.15, 0.2) is 0 Å². The lowest BCUT2D eigenvalue weighted by molar-refractivity contribution is 0.196. The van der Waals surface area contributed by atoms with Crippen LogP contribution in [0.3, 0.4) is 0 Å². The number of thioether (sulfide) groups is 1. The molecule has 2 unspecified atom stereocenters. The third-order valence-electron chi connectivity index (χ3n) is 2.42. The first-order chi connectivity index (χ1) is 7.54. The fraction of sp³-hybridized carbons (Fsp3) is 0.500. The molecular formula is C12H17FO2S. The summed E-state index contributed by atoms with van der Waals surface area (Å²) in [6.45, 7) is 3.70. The minimum absolute atomic E-state index is 0.118. The predicted octanol–water partition coefficient (Wildman–Crippen LogP) is 2.84. The second kappa shape index (κ2) is 6.11. The molecular weight excluding hydrogens is 227 g/mol. The summed E-state index contributed by atoms with van der Waals surface area (Å²) in [7, 11) is 1.57. The summed E-state index contributed by atoms with van der Waals surface area (Å²) >= 11 is 1.58. The molecule has 1 rings (SSSR count). The molecule has 0 aliphatic rings. The molecule has 0 aliphatic heterocycles. The van der Waals surface area contributed by atoms with Crippen LogP contribution >= 0.6 is 11.8 Å². The number of halogens is 1. The molecule has 0 radical (unpaired) electrons. The Bertz CT molecular complexity index is 342. The van der Waals surface area contributed by atoms with Crippen LogP contribution in [-0.2, 0) is 5.75 Å². The fourth-order valence-electron chi connectivity index (χ4n) is 1.22. The summed E-state index contributed by atoms with van der Waals surface area (Å²) in [5.74, 6) is 1.06. The van der Waals surface area contributed by atoms with E-state index in [2.05, 4.69) is 0 Å². The van der Waals surface area contributed by atoms with E-state index in [0.29, 0.717) is 11.5 Å². The number of benzene rings is 1. The molecule has 0 fully saturated rings. The molecule has 2 atom stereocenters. The Labute approximate surface area is 99.8 Å². The first-order valence-corrected chi connectivity index (χ1v) is 6.21. The van der Waals surface area contributed by atoms with Crippen LogP contribution in [0.25, 0.3) is 0 Å². The summed E-state index contributed by atoms with van der Waals surface area (Å²) in [5, 5.41) is 9.47. The molecule has 0 saturated heterocycles. The van der Waals surface area contributed by atoms with Crippen molar-refractivity contribution in [1.82, 2.24) is 0 Å². The fourth-order valence-corrected chi connectivity index (χ4v) is 2.17. The number of methoxy groups -OCH3 is 1. The summed E-state index contributed by atoms with van der Waals surface area (Å²) in [5.41, 5.74) is 0.819. The maximum absolute atomic E-state index is 13.1. The molecule has 0 bridgehead atoms. The molecule has 90 valence electrons. The molecule has 0 aliphatic carbocycles. The van der Waals surface area contributed by atoms with Crippen molar-refractivity contribution < 1.29 is 14.2 Å². The Morgan fingerprint density at radius 1 is 1.44 bits per heavy atom. The van der Waals surface area contributed by atoms with Gasteiger partial charge in [0, 0.05) is 16.6 Å². The molecule has 1 aromatic rings. The molecule has 0 saturated carbocycles. The smallest absolute Gasteiger partial charge is 0.123 e. The van der Waals surface area contributed by atoms with Crippen LogP contribution in [-0.4, -0.2) is 23.6 Å². The topological polar surface area (TPSA) is 29.5 Å². The highest BCUT2D eigenvalue weighted by atomic mass is 32.2. The highest BCUT2D eigenvalue weighted by molar-refractivity contribution is 7.99. The third kappa shape index (κ3) is 3.68. The van der Waals surface area contributed by atoms with Crippen LogP contribution < -0.4 is 4.74 Å². The molecule has 1 aromatic carbocycles. The summed E-state index contributed by atoms with van der Waals surface area (Å²) in [4.78, 5) is 0. The zero-order valence-corrected chi connectivity index (χ0v) is 10.6. The van der Waals surface area contributed by atoms with Crippen molar-refractivity contribution in [2.45, 2.75) is 31.0 Å². The van der Waals surface area contributed by atoms with Gasteiger partial charge in [-0.15, -0.1) is 0 Å². The maximum atomic E-state index is 13.1. The van der Waals surface area contributed by atoms with Gasteiger partial charge in [0.1, 0.15) is 11.6 Å². The summed E-state index contributed by atoms with van der Waals surface area (Å²) in [6.07, 6.45) is -0.371. The number of hydrogen-bond donors (Lipinski definition) is 1. The van der Waals surface area contributed by atoms with Crippen molar-refractivity contribution in [2.24, 2.45) is 0 Å². The van der Waals surface area contributed by atoms with Crippen molar-refractivity contribution in [3.8, 4) is 5.75 Å². The molecule has 0 aromatic heterocycles.